The number of carbonyl (C=O) groups is 2. The molecule has 1 amide bonds. The molecule has 0 unspecified atom stereocenters. The van der Waals surface area contributed by atoms with Gasteiger partial charge in [-0.2, -0.15) is 5.26 Å². The summed E-state index contributed by atoms with van der Waals surface area (Å²) < 4.78 is 32.3. The molecule has 36 heavy (non-hydrogen) atoms. The zero-order valence-corrected chi connectivity index (χ0v) is 22.2. The van der Waals surface area contributed by atoms with Gasteiger partial charge < -0.3 is 9.64 Å². The number of sulfonamides is 1. The number of hydrogen-bond donors (Lipinski definition) is 1. The monoisotopic (exact) mass is 530 g/mol. The van der Waals surface area contributed by atoms with Crippen LogP contribution in [0.1, 0.15) is 54.1 Å². The standard InChI is InChI=1S/C25H30N4O5S2/c1-4-5-22(30)21-14-19(15-26)23(27-25(21)35-3)29-12-10-18(11-13-29)24(31)28-36(32,33)16-17-6-8-20(34-2)9-7-17/h6-9,14,18H,4-5,10-13,16H2,1-3H3,(H,28,31). The minimum absolute atomic E-state index is 0.0383. The number of nitrogens with zero attached hydrogens (tertiary/aromatic N) is 3. The van der Waals surface area contributed by atoms with Gasteiger partial charge in [0.2, 0.25) is 15.9 Å². The molecule has 1 aliphatic rings. The molecule has 0 spiro atoms. The Morgan fingerprint density at radius 1 is 1.25 bits per heavy atom. The van der Waals surface area contributed by atoms with Crippen molar-refractivity contribution < 1.29 is 22.7 Å². The smallest absolute Gasteiger partial charge is 0.239 e. The number of ether oxygens (including phenoxy) is 1. The van der Waals surface area contributed by atoms with Crippen LogP contribution in [-0.4, -0.2) is 51.5 Å². The third-order valence-electron chi connectivity index (χ3n) is 6.00. The van der Waals surface area contributed by atoms with Gasteiger partial charge in [-0.1, -0.05) is 19.1 Å². The molecular weight excluding hydrogens is 500 g/mol. The number of pyridine rings is 1. The number of hydrogen-bond acceptors (Lipinski definition) is 9. The van der Waals surface area contributed by atoms with E-state index in [2.05, 4.69) is 15.8 Å². The van der Waals surface area contributed by atoms with Crippen molar-refractivity contribution in [2.45, 2.75) is 43.4 Å². The first-order chi connectivity index (χ1) is 17.2. The van der Waals surface area contributed by atoms with Gasteiger partial charge in [-0.25, -0.2) is 13.4 Å². The Balaban J connectivity index is 1.65. The highest BCUT2D eigenvalue weighted by molar-refractivity contribution is 7.98. The van der Waals surface area contributed by atoms with Crippen LogP contribution in [0.25, 0.3) is 0 Å². The quantitative estimate of drug-likeness (QED) is 0.362. The number of amides is 1. The number of ketones is 1. The summed E-state index contributed by atoms with van der Waals surface area (Å²) in [6.07, 6.45) is 3.77. The molecule has 192 valence electrons. The van der Waals surface area contributed by atoms with Crippen molar-refractivity contribution >= 4 is 39.3 Å². The summed E-state index contributed by atoms with van der Waals surface area (Å²) in [5, 5.41) is 10.3. The van der Waals surface area contributed by atoms with E-state index in [1.54, 1.807) is 30.3 Å². The van der Waals surface area contributed by atoms with E-state index in [4.69, 9.17) is 4.74 Å². The fourth-order valence-corrected chi connectivity index (χ4v) is 5.84. The molecule has 1 fully saturated rings. The number of thioether (sulfide) groups is 1. The number of Topliss-reactive ketones (excluding diaryl/α,β-unsaturated/α-hetero) is 1. The van der Waals surface area contributed by atoms with Crippen molar-refractivity contribution in [3.63, 3.8) is 0 Å². The van der Waals surface area contributed by atoms with E-state index in [0.717, 1.165) is 0 Å². The Kier molecular flexibility index (Phi) is 9.34. The Bertz CT molecular complexity index is 1250. The number of nitriles is 1. The molecule has 2 aromatic rings. The molecule has 0 radical (unpaired) electrons. The molecule has 1 aromatic heterocycles. The van der Waals surface area contributed by atoms with E-state index in [1.807, 2.05) is 18.1 Å². The van der Waals surface area contributed by atoms with Gasteiger partial charge in [-0.15, -0.1) is 11.8 Å². The third kappa shape index (κ3) is 6.77. The van der Waals surface area contributed by atoms with E-state index in [-0.39, 0.29) is 11.5 Å². The highest BCUT2D eigenvalue weighted by Gasteiger charge is 2.30. The minimum atomic E-state index is -3.85. The van der Waals surface area contributed by atoms with Gasteiger partial charge in [0, 0.05) is 25.4 Å². The van der Waals surface area contributed by atoms with Crippen molar-refractivity contribution in [1.29, 1.82) is 5.26 Å². The number of piperidine rings is 1. The van der Waals surface area contributed by atoms with Gasteiger partial charge >= 0.3 is 0 Å². The Labute approximate surface area is 216 Å². The lowest BCUT2D eigenvalue weighted by Crippen LogP contribution is -2.43. The maximum atomic E-state index is 12.7. The topological polar surface area (TPSA) is 129 Å². The Morgan fingerprint density at radius 3 is 2.47 bits per heavy atom. The largest absolute Gasteiger partial charge is 0.497 e. The van der Waals surface area contributed by atoms with Crippen LogP contribution in [0.3, 0.4) is 0 Å². The van der Waals surface area contributed by atoms with E-state index >= 15 is 0 Å². The highest BCUT2D eigenvalue weighted by atomic mass is 32.2. The van der Waals surface area contributed by atoms with Gasteiger partial charge in [-0.05, 0) is 49.3 Å². The Hall–Kier alpha value is -3.10. The molecule has 0 bridgehead atoms. The summed E-state index contributed by atoms with van der Waals surface area (Å²) >= 11 is 1.36. The van der Waals surface area contributed by atoms with Gasteiger partial charge in [0.25, 0.3) is 0 Å². The number of rotatable bonds is 10. The van der Waals surface area contributed by atoms with Crippen LogP contribution in [-0.2, 0) is 20.6 Å². The van der Waals surface area contributed by atoms with Gasteiger partial charge in [0.1, 0.15) is 22.7 Å². The van der Waals surface area contributed by atoms with Crippen molar-refractivity contribution in [2.75, 3.05) is 31.4 Å². The first kappa shape index (κ1) is 27.5. The maximum absolute atomic E-state index is 12.7. The Morgan fingerprint density at radius 2 is 1.92 bits per heavy atom. The van der Waals surface area contributed by atoms with Crippen LogP contribution in [0.4, 0.5) is 5.82 Å². The van der Waals surface area contributed by atoms with Crippen LogP contribution in [0.5, 0.6) is 5.75 Å². The average Bonchev–Trinajstić information content (AvgIpc) is 2.88. The molecule has 1 saturated heterocycles. The van der Waals surface area contributed by atoms with Gasteiger partial charge in [-0.3, -0.25) is 14.3 Å². The zero-order chi connectivity index (χ0) is 26.3. The van der Waals surface area contributed by atoms with Crippen LogP contribution >= 0.6 is 11.8 Å². The van der Waals surface area contributed by atoms with E-state index in [1.165, 1.54) is 18.9 Å². The lowest BCUT2D eigenvalue weighted by Gasteiger charge is -2.32. The molecule has 9 nitrogen and oxygen atoms in total. The molecule has 0 atom stereocenters. The summed E-state index contributed by atoms with van der Waals surface area (Å²) in [4.78, 5) is 31.7. The van der Waals surface area contributed by atoms with Gasteiger partial charge in [0.05, 0.1) is 24.0 Å². The molecular formula is C25H30N4O5S2. The van der Waals surface area contributed by atoms with Crippen LogP contribution in [0, 0.1) is 17.2 Å². The third-order valence-corrected chi connectivity index (χ3v) is 7.92. The number of anilines is 1. The summed E-state index contributed by atoms with van der Waals surface area (Å²) in [5.74, 6) is -0.237. The summed E-state index contributed by atoms with van der Waals surface area (Å²) in [5.41, 5.74) is 1.32. The lowest BCUT2D eigenvalue weighted by molar-refractivity contribution is -0.123. The number of nitrogens with one attached hydrogen (secondary N) is 1. The van der Waals surface area contributed by atoms with E-state index < -0.39 is 21.8 Å². The second-order valence-electron chi connectivity index (χ2n) is 8.54. The van der Waals surface area contributed by atoms with Crippen LogP contribution < -0.4 is 14.4 Å². The second kappa shape index (κ2) is 12.2. The van der Waals surface area contributed by atoms with Crippen molar-refractivity contribution in [1.82, 2.24) is 9.71 Å². The maximum Gasteiger partial charge on any atom is 0.239 e. The fraction of sp³-hybridized carbons (Fsp3) is 0.440. The lowest BCUT2D eigenvalue weighted by atomic mass is 9.96. The summed E-state index contributed by atoms with van der Waals surface area (Å²) in [6, 6.07) is 10.4. The summed E-state index contributed by atoms with van der Waals surface area (Å²) in [7, 11) is -2.32. The first-order valence-electron chi connectivity index (χ1n) is 11.7. The van der Waals surface area contributed by atoms with E-state index in [0.29, 0.717) is 72.1 Å². The van der Waals surface area contributed by atoms with Crippen molar-refractivity contribution in [3.05, 3.63) is 47.0 Å². The molecule has 1 N–H and O–H groups in total. The van der Waals surface area contributed by atoms with Crippen molar-refractivity contribution in [3.8, 4) is 11.8 Å². The van der Waals surface area contributed by atoms with Crippen LogP contribution in [0.2, 0.25) is 0 Å². The predicted octanol–water partition coefficient (Wildman–Crippen LogP) is 3.53. The highest BCUT2D eigenvalue weighted by Crippen LogP contribution is 2.30. The molecule has 2 heterocycles. The molecule has 1 aromatic carbocycles. The SMILES string of the molecule is CCCC(=O)c1cc(C#N)c(N2CCC(C(=O)NS(=O)(=O)Cc3ccc(OC)cc3)CC2)nc1SC. The molecule has 0 aliphatic carbocycles. The molecule has 1 aliphatic heterocycles. The minimum Gasteiger partial charge on any atom is -0.497 e. The number of benzene rings is 1. The molecule has 11 heteroatoms. The zero-order valence-electron chi connectivity index (χ0n) is 20.6. The molecule has 3 rings (SSSR count). The predicted molar refractivity (Wildman–Crippen MR) is 139 cm³/mol. The van der Waals surface area contributed by atoms with E-state index in [9.17, 15) is 23.3 Å². The first-order valence-corrected chi connectivity index (χ1v) is 14.5. The van der Waals surface area contributed by atoms with Gasteiger partial charge in [0.15, 0.2) is 5.78 Å². The van der Waals surface area contributed by atoms with Crippen LogP contribution in [0.15, 0.2) is 35.4 Å². The number of methoxy groups -OCH3 is 1. The molecule has 0 saturated carbocycles. The average molecular weight is 531 g/mol. The number of aromatic nitrogens is 1. The normalized spacial score (nSPS) is 14.2. The second-order valence-corrected chi connectivity index (χ2v) is 11.1. The fourth-order valence-electron chi connectivity index (χ4n) is 4.10. The van der Waals surface area contributed by atoms with Crippen molar-refractivity contribution in [2.24, 2.45) is 5.92 Å². The summed E-state index contributed by atoms with van der Waals surface area (Å²) in [6.45, 7) is 2.80. The number of carbonyl (C=O) groups excluding carboxylic acids is 2.